The fraction of sp³-hybridized carbons (Fsp3) is 0.583. The van der Waals surface area contributed by atoms with Crippen LogP contribution < -0.4 is 5.32 Å². The third-order valence-corrected chi connectivity index (χ3v) is 3.06. The van der Waals surface area contributed by atoms with Gasteiger partial charge in [-0.25, -0.2) is 0 Å². The smallest absolute Gasteiger partial charge is 0.274 e. The van der Waals surface area contributed by atoms with E-state index in [1.165, 1.54) is 0 Å². The predicted molar refractivity (Wildman–Crippen MR) is 65.9 cm³/mol. The number of carbonyl (C=O) groups is 1. The van der Waals surface area contributed by atoms with Gasteiger partial charge in [0.15, 0.2) is 5.69 Å². The molecule has 5 nitrogen and oxygen atoms in total. The van der Waals surface area contributed by atoms with E-state index in [9.17, 15) is 4.79 Å². The number of anilines is 1. The quantitative estimate of drug-likeness (QED) is 0.861. The summed E-state index contributed by atoms with van der Waals surface area (Å²) in [5, 5.41) is 11.0. The summed E-state index contributed by atoms with van der Waals surface area (Å²) in [6, 6.07) is 3.85. The third-order valence-electron chi connectivity index (χ3n) is 3.06. The first-order valence-electron chi connectivity index (χ1n) is 6.11. The Kier molecular flexibility index (Phi) is 3.56. The molecule has 0 aliphatic carbocycles. The van der Waals surface area contributed by atoms with Crippen LogP contribution in [0.5, 0.6) is 0 Å². The molecule has 1 aromatic rings. The van der Waals surface area contributed by atoms with Crippen LogP contribution in [-0.4, -0.2) is 40.1 Å². The number of hydrogen-bond donors (Lipinski definition) is 1. The minimum absolute atomic E-state index is 0.00875. The first-order valence-corrected chi connectivity index (χ1v) is 6.11. The zero-order chi connectivity index (χ0) is 12.3. The second-order valence-corrected chi connectivity index (χ2v) is 4.32. The van der Waals surface area contributed by atoms with Crippen molar-refractivity contribution in [1.29, 1.82) is 0 Å². The lowest BCUT2D eigenvalue weighted by Gasteiger charge is -2.20. The Labute approximate surface area is 101 Å². The minimum Gasteiger partial charge on any atom is -0.369 e. The minimum atomic E-state index is -0.00875. The van der Waals surface area contributed by atoms with Gasteiger partial charge in [0.1, 0.15) is 5.82 Å². The van der Waals surface area contributed by atoms with Crippen LogP contribution in [0.2, 0.25) is 0 Å². The molecule has 1 saturated heterocycles. The third kappa shape index (κ3) is 2.54. The second kappa shape index (κ2) is 5.12. The Morgan fingerprint density at radius 3 is 2.88 bits per heavy atom. The highest BCUT2D eigenvalue weighted by Crippen LogP contribution is 2.18. The van der Waals surface area contributed by atoms with E-state index in [2.05, 4.69) is 22.4 Å². The number of rotatable bonds is 3. The van der Waals surface area contributed by atoms with Gasteiger partial charge in [-0.1, -0.05) is 0 Å². The maximum absolute atomic E-state index is 12.1. The van der Waals surface area contributed by atoms with Crippen LogP contribution in [-0.2, 0) is 0 Å². The number of nitrogens with one attached hydrogen (secondary N) is 1. The largest absolute Gasteiger partial charge is 0.369 e. The molecule has 0 spiro atoms. The summed E-state index contributed by atoms with van der Waals surface area (Å²) < 4.78 is 0. The summed E-state index contributed by atoms with van der Waals surface area (Å²) >= 11 is 0. The lowest BCUT2D eigenvalue weighted by atomic mass is 10.2. The molecular weight excluding hydrogens is 216 g/mol. The highest BCUT2D eigenvalue weighted by molar-refractivity contribution is 5.92. The molecular formula is C12H18N4O. The number of aromatic nitrogens is 2. The molecule has 5 heteroatoms. The maximum Gasteiger partial charge on any atom is 0.274 e. The molecule has 0 radical (unpaired) electrons. The van der Waals surface area contributed by atoms with E-state index < -0.39 is 0 Å². The van der Waals surface area contributed by atoms with Crippen molar-refractivity contribution >= 4 is 11.7 Å². The lowest BCUT2D eigenvalue weighted by Crippen LogP contribution is -2.34. The maximum atomic E-state index is 12.1. The Bertz CT molecular complexity index is 390. The lowest BCUT2D eigenvalue weighted by molar-refractivity contribution is 0.0740. The Balaban J connectivity index is 2.08. The molecule has 0 bridgehead atoms. The van der Waals surface area contributed by atoms with E-state index in [0.717, 1.165) is 25.9 Å². The van der Waals surface area contributed by atoms with Gasteiger partial charge in [0.2, 0.25) is 0 Å². The van der Waals surface area contributed by atoms with Crippen LogP contribution in [0.15, 0.2) is 12.1 Å². The van der Waals surface area contributed by atoms with Crippen LogP contribution in [0.4, 0.5) is 5.82 Å². The van der Waals surface area contributed by atoms with Crippen molar-refractivity contribution in [2.75, 3.05) is 18.4 Å². The summed E-state index contributed by atoms with van der Waals surface area (Å²) in [5.41, 5.74) is 0.431. The van der Waals surface area contributed by atoms with E-state index >= 15 is 0 Å². The topological polar surface area (TPSA) is 58.1 Å². The molecule has 1 amide bonds. The molecule has 1 atom stereocenters. The molecule has 1 N–H and O–H groups in total. The number of amides is 1. The summed E-state index contributed by atoms with van der Waals surface area (Å²) in [7, 11) is 0. The van der Waals surface area contributed by atoms with Gasteiger partial charge in [-0.15, -0.1) is 10.2 Å². The van der Waals surface area contributed by atoms with Gasteiger partial charge in [0.05, 0.1) is 0 Å². The highest BCUT2D eigenvalue weighted by Gasteiger charge is 2.26. The molecule has 1 aliphatic heterocycles. The summed E-state index contributed by atoms with van der Waals surface area (Å²) in [6.45, 7) is 5.69. The van der Waals surface area contributed by atoms with Crippen molar-refractivity contribution in [2.45, 2.75) is 32.7 Å². The van der Waals surface area contributed by atoms with Crippen molar-refractivity contribution < 1.29 is 4.79 Å². The number of carbonyl (C=O) groups excluding carboxylic acids is 1. The molecule has 0 saturated carbocycles. The molecule has 1 aromatic heterocycles. The first kappa shape index (κ1) is 11.8. The molecule has 17 heavy (non-hydrogen) atoms. The van der Waals surface area contributed by atoms with Gasteiger partial charge < -0.3 is 10.2 Å². The zero-order valence-electron chi connectivity index (χ0n) is 10.3. The number of likely N-dealkylation sites (tertiary alicyclic amines) is 1. The van der Waals surface area contributed by atoms with Crippen molar-refractivity contribution in [2.24, 2.45) is 0 Å². The molecule has 1 unspecified atom stereocenters. The van der Waals surface area contributed by atoms with Gasteiger partial charge in [0, 0.05) is 19.1 Å². The van der Waals surface area contributed by atoms with E-state index in [-0.39, 0.29) is 5.91 Å². The number of nitrogens with zero attached hydrogens (tertiary/aromatic N) is 3. The average molecular weight is 234 g/mol. The SMILES string of the molecule is CCNc1ccc(C(=O)N2CCCC2C)nn1. The van der Waals surface area contributed by atoms with Gasteiger partial charge in [0.25, 0.3) is 5.91 Å². The molecule has 1 aliphatic rings. The second-order valence-electron chi connectivity index (χ2n) is 4.32. The van der Waals surface area contributed by atoms with E-state index in [1.807, 2.05) is 11.8 Å². The van der Waals surface area contributed by atoms with Crippen LogP contribution >= 0.6 is 0 Å². The molecule has 1 fully saturated rings. The molecule has 92 valence electrons. The fourth-order valence-electron chi connectivity index (χ4n) is 2.10. The summed E-state index contributed by atoms with van der Waals surface area (Å²) in [5.74, 6) is 0.698. The number of hydrogen-bond acceptors (Lipinski definition) is 4. The van der Waals surface area contributed by atoms with Gasteiger partial charge >= 0.3 is 0 Å². The van der Waals surface area contributed by atoms with Crippen LogP contribution in [0.25, 0.3) is 0 Å². The van der Waals surface area contributed by atoms with Crippen LogP contribution in [0.1, 0.15) is 37.2 Å². The Morgan fingerprint density at radius 1 is 1.53 bits per heavy atom. The summed E-state index contributed by atoms with van der Waals surface area (Å²) in [6.07, 6.45) is 2.16. The van der Waals surface area contributed by atoms with Gasteiger partial charge in [-0.3, -0.25) is 4.79 Å². The molecule has 2 rings (SSSR count). The standard InChI is InChI=1S/C12H18N4O/c1-3-13-11-7-6-10(14-15-11)12(17)16-8-4-5-9(16)2/h6-7,9H,3-5,8H2,1-2H3,(H,13,15). The van der Waals surface area contributed by atoms with Crippen molar-refractivity contribution in [1.82, 2.24) is 15.1 Å². The van der Waals surface area contributed by atoms with Crippen LogP contribution in [0.3, 0.4) is 0 Å². The fourth-order valence-corrected chi connectivity index (χ4v) is 2.10. The summed E-state index contributed by atoms with van der Waals surface area (Å²) in [4.78, 5) is 14.0. The normalized spacial score (nSPS) is 19.4. The monoisotopic (exact) mass is 234 g/mol. The zero-order valence-corrected chi connectivity index (χ0v) is 10.3. The van der Waals surface area contributed by atoms with E-state index in [0.29, 0.717) is 17.6 Å². The Hall–Kier alpha value is -1.65. The Morgan fingerprint density at radius 2 is 2.35 bits per heavy atom. The van der Waals surface area contributed by atoms with E-state index in [4.69, 9.17) is 0 Å². The van der Waals surface area contributed by atoms with Crippen molar-refractivity contribution in [3.8, 4) is 0 Å². The highest BCUT2D eigenvalue weighted by atomic mass is 16.2. The molecule has 0 aromatic carbocycles. The molecule has 2 heterocycles. The van der Waals surface area contributed by atoms with Gasteiger partial charge in [-0.2, -0.15) is 0 Å². The first-order chi connectivity index (χ1) is 8.22. The van der Waals surface area contributed by atoms with Crippen molar-refractivity contribution in [3.63, 3.8) is 0 Å². The van der Waals surface area contributed by atoms with E-state index in [1.54, 1.807) is 12.1 Å². The predicted octanol–water partition coefficient (Wildman–Crippen LogP) is 1.53. The van der Waals surface area contributed by atoms with Crippen LogP contribution in [0, 0.1) is 0 Å². The van der Waals surface area contributed by atoms with Gasteiger partial charge in [-0.05, 0) is 38.8 Å². The average Bonchev–Trinajstić information content (AvgIpc) is 2.76. The van der Waals surface area contributed by atoms with Crippen molar-refractivity contribution in [3.05, 3.63) is 17.8 Å².